The lowest BCUT2D eigenvalue weighted by Crippen LogP contribution is -2.22. The van der Waals surface area contributed by atoms with E-state index in [1.165, 1.54) is 22.4 Å². The Morgan fingerprint density at radius 2 is 1.67 bits per heavy atom. The van der Waals surface area contributed by atoms with Gasteiger partial charge in [-0.3, -0.25) is 0 Å². The van der Waals surface area contributed by atoms with Crippen LogP contribution in [0.15, 0.2) is 35.4 Å². The zero-order valence-corrected chi connectivity index (χ0v) is 10.4. The van der Waals surface area contributed by atoms with Crippen molar-refractivity contribution in [3.63, 3.8) is 0 Å². The first-order chi connectivity index (χ1) is 7.16. The van der Waals surface area contributed by atoms with Gasteiger partial charge < -0.3 is 4.31 Å². The minimum absolute atomic E-state index is 1.06. The van der Waals surface area contributed by atoms with Gasteiger partial charge >= 0.3 is 0 Å². The Morgan fingerprint density at radius 1 is 1.00 bits per heavy atom. The van der Waals surface area contributed by atoms with Gasteiger partial charge in [0.2, 0.25) is 0 Å². The molecule has 15 heavy (non-hydrogen) atoms. The van der Waals surface area contributed by atoms with E-state index in [1.54, 1.807) is 0 Å². The first kappa shape index (κ1) is 10.6. The third-order valence-corrected chi connectivity index (χ3v) is 4.08. The lowest BCUT2D eigenvalue weighted by Gasteiger charge is -2.29. The van der Waals surface area contributed by atoms with E-state index in [0.29, 0.717) is 0 Å². The van der Waals surface area contributed by atoms with E-state index in [4.69, 9.17) is 0 Å². The second-order valence-electron chi connectivity index (χ2n) is 4.21. The third kappa shape index (κ3) is 2.37. The highest BCUT2D eigenvalue weighted by molar-refractivity contribution is 8.00. The average molecular weight is 219 g/mol. The molecule has 0 unspecified atom stereocenters. The van der Waals surface area contributed by atoms with Crippen LogP contribution in [-0.4, -0.2) is 12.3 Å². The molecule has 0 aliphatic carbocycles. The van der Waals surface area contributed by atoms with Crippen molar-refractivity contribution in [3.05, 3.63) is 41.0 Å². The van der Waals surface area contributed by atoms with Crippen LogP contribution in [0.2, 0.25) is 0 Å². The van der Waals surface area contributed by atoms with E-state index >= 15 is 0 Å². The molecule has 0 saturated heterocycles. The Kier molecular flexibility index (Phi) is 3.06. The van der Waals surface area contributed by atoms with Gasteiger partial charge in [0.15, 0.2) is 0 Å². The van der Waals surface area contributed by atoms with E-state index in [2.05, 4.69) is 49.3 Å². The SMILES string of the molecule is CC1=C(C)CN(c2ccc(C)cc2)SC1. The normalized spacial score (nSPS) is 17.1. The van der Waals surface area contributed by atoms with Crippen LogP contribution in [0.1, 0.15) is 19.4 Å². The van der Waals surface area contributed by atoms with E-state index in [0.717, 1.165) is 12.3 Å². The van der Waals surface area contributed by atoms with Crippen LogP contribution in [0.4, 0.5) is 5.69 Å². The second kappa shape index (κ2) is 4.31. The molecule has 1 aromatic rings. The Labute approximate surface area is 96.3 Å². The van der Waals surface area contributed by atoms with E-state index in [-0.39, 0.29) is 0 Å². The molecule has 80 valence electrons. The van der Waals surface area contributed by atoms with Gasteiger partial charge in [-0.05, 0) is 44.9 Å². The maximum Gasteiger partial charge on any atom is 0.0506 e. The van der Waals surface area contributed by atoms with Crippen molar-refractivity contribution in [1.82, 2.24) is 0 Å². The van der Waals surface area contributed by atoms with Gasteiger partial charge in [0.1, 0.15) is 0 Å². The molecule has 0 fully saturated rings. The van der Waals surface area contributed by atoms with Gasteiger partial charge in [-0.25, -0.2) is 0 Å². The Hall–Kier alpha value is -0.890. The monoisotopic (exact) mass is 219 g/mol. The molecule has 1 heterocycles. The van der Waals surface area contributed by atoms with Crippen molar-refractivity contribution in [2.24, 2.45) is 0 Å². The van der Waals surface area contributed by atoms with Crippen LogP contribution in [0.25, 0.3) is 0 Å². The smallest absolute Gasteiger partial charge is 0.0506 e. The lowest BCUT2D eigenvalue weighted by molar-refractivity contribution is 1.05. The van der Waals surface area contributed by atoms with Crippen molar-refractivity contribution in [1.29, 1.82) is 0 Å². The standard InChI is InChI=1S/C13H17NS/c1-10-4-6-13(7-5-10)14-8-11(2)12(3)9-15-14/h4-7H,8-9H2,1-3H3. The lowest BCUT2D eigenvalue weighted by atomic mass is 10.1. The molecule has 0 amide bonds. The summed E-state index contributed by atoms with van der Waals surface area (Å²) < 4.78 is 2.38. The van der Waals surface area contributed by atoms with Crippen molar-refractivity contribution in [2.75, 3.05) is 16.6 Å². The number of hydrogen-bond acceptors (Lipinski definition) is 2. The predicted octanol–water partition coefficient (Wildman–Crippen LogP) is 3.80. The molecular weight excluding hydrogens is 202 g/mol. The number of rotatable bonds is 1. The third-order valence-electron chi connectivity index (χ3n) is 2.87. The molecule has 1 nitrogen and oxygen atoms in total. The fourth-order valence-electron chi connectivity index (χ4n) is 1.57. The van der Waals surface area contributed by atoms with Gasteiger partial charge in [-0.15, -0.1) is 0 Å². The summed E-state index contributed by atoms with van der Waals surface area (Å²) in [7, 11) is 0. The van der Waals surface area contributed by atoms with Gasteiger partial charge in [0.05, 0.1) is 6.54 Å². The molecule has 2 rings (SSSR count). The molecule has 0 N–H and O–H groups in total. The quantitative estimate of drug-likeness (QED) is 0.522. The van der Waals surface area contributed by atoms with Crippen LogP contribution in [-0.2, 0) is 0 Å². The summed E-state index contributed by atoms with van der Waals surface area (Å²) in [5.41, 5.74) is 5.68. The fraction of sp³-hybridized carbons (Fsp3) is 0.385. The van der Waals surface area contributed by atoms with Crippen LogP contribution in [0.3, 0.4) is 0 Å². The molecular formula is C13H17NS. The minimum atomic E-state index is 1.06. The summed E-state index contributed by atoms with van der Waals surface area (Å²) in [4.78, 5) is 0. The van der Waals surface area contributed by atoms with Crippen LogP contribution in [0, 0.1) is 6.92 Å². The topological polar surface area (TPSA) is 3.24 Å². The Bertz CT molecular complexity index is 378. The summed E-state index contributed by atoms with van der Waals surface area (Å²) in [5.74, 6) is 1.12. The summed E-state index contributed by atoms with van der Waals surface area (Å²) in [6, 6.07) is 8.76. The molecule has 0 radical (unpaired) electrons. The van der Waals surface area contributed by atoms with Gasteiger partial charge in [-0.2, -0.15) is 0 Å². The van der Waals surface area contributed by atoms with Crippen LogP contribution < -0.4 is 4.31 Å². The van der Waals surface area contributed by atoms with Crippen molar-refractivity contribution >= 4 is 17.6 Å². The zero-order chi connectivity index (χ0) is 10.8. The number of hydrogen-bond donors (Lipinski definition) is 0. The maximum absolute atomic E-state index is 2.38. The number of benzene rings is 1. The van der Waals surface area contributed by atoms with Gasteiger partial charge in [0, 0.05) is 11.4 Å². The first-order valence-corrected chi connectivity index (χ1v) is 6.23. The zero-order valence-electron chi connectivity index (χ0n) is 9.58. The molecule has 0 atom stereocenters. The molecule has 1 aromatic carbocycles. The highest BCUT2D eigenvalue weighted by atomic mass is 32.2. The summed E-state index contributed by atoms with van der Waals surface area (Å²) in [5, 5.41) is 0. The van der Waals surface area contributed by atoms with E-state index < -0.39 is 0 Å². The summed E-state index contributed by atoms with van der Waals surface area (Å²) in [6.07, 6.45) is 0. The van der Waals surface area contributed by atoms with Crippen molar-refractivity contribution in [3.8, 4) is 0 Å². The Balaban J connectivity index is 2.17. The molecule has 0 saturated carbocycles. The maximum atomic E-state index is 2.38. The van der Waals surface area contributed by atoms with Gasteiger partial charge in [-0.1, -0.05) is 28.8 Å². The van der Waals surface area contributed by atoms with E-state index in [9.17, 15) is 0 Å². The molecule has 0 spiro atoms. The number of anilines is 1. The second-order valence-corrected chi connectivity index (χ2v) is 5.19. The molecule has 0 bridgehead atoms. The van der Waals surface area contributed by atoms with Crippen LogP contribution >= 0.6 is 11.9 Å². The highest BCUT2D eigenvalue weighted by Crippen LogP contribution is 2.30. The van der Waals surface area contributed by atoms with Gasteiger partial charge in [0.25, 0.3) is 0 Å². The average Bonchev–Trinajstić information content (AvgIpc) is 2.23. The summed E-state index contributed by atoms with van der Waals surface area (Å²) >= 11 is 1.91. The molecule has 1 aliphatic rings. The Morgan fingerprint density at radius 3 is 2.27 bits per heavy atom. The molecule has 1 aliphatic heterocycles. The predicted molar refractivity (Wildman–Crippen MR) is 69.4 cm³/mol. The van der Waals surface area contributed by atoms with Crippen molar-refractivity contribution < 1.29 is 0 Å². The number of nitrogens with zero attached hydrogens (tertiary/aromatic N) is 1. The minimum Gasteiger partial charge on any atom is -0.312 e. The van der Waals surface area contributed by atoms with Crippen molar-refractivity contribution in [2.45, 2.75) is 20.8 Å². The highest BCUT2D eigenvalue weighted by Gasteiger charge is 2.14. The molecule has 2 heteroatoms. The molecule has 0 aromatic heterocycles. The van der Waals surface area contributed by atoms with Crippen LogP contribution in [0.5, 0.6) is 0 Å². The largest absolute Gasteiger partial charge is 0.312 e. The first-order valence-electron chi connectivity index (χ1n) is 5.29. The number of aryl methyl sites for hydroxylation is 1. The fourth-order valence-corrected chi connectivity index (χ4v) is 2.72. The summed E-state index contributed by atoms with van der Waals surface area (Å²) in [6.45, 7) is 7.65. The van der Waals surface area contributed by atoms with E-state index in [1.807, 2.05) is 11.9 Å².